The minimum atomic E-state index is -0.565. The molecule has 0 saturated carbocycles. The summed E-state index contributed by atoms with van der Waals surface area (Å²) in [6.07, 6.45) is -0.000993. The number of nitrogens with one attached hydrogen (secondary N) is 1. The van der Waals surface area contributed by atoms with E-state index in [1.807, 2.05) is 31.2 Å². The van der Waals surface area contributed by atoms with Crippen LogP contribution >= 0.6 is 22.6 Å². The third-order valence-electron chi connectivity index (χ3n) is 2.62. The van der Waals surface area contributed by atoms with Crippen molar-refractivity contribution in [3.05, 3.63) is 39.7 Å². The molecule has 20 heavy (non-hydrogen) atoms. The number of amides is 1. The SMILES string of the molecule is CC[C@H](Oc1cccc(I)c1)C(=O)Nc1cc(C)on1. The van der Waals surface area contributed by atoms with E-state index in [0.717, 1.165) is 3.57 Å². The van der Waals surface area contributed by atoms with Crippen LogP contribution in [0, 0.1) is 10.5 Å². The molecule has 0 aliphatic carbocycles. The number of aryl methyl sites for hydroxylation is 1. The van der Waals surface area contributed by atoms with Crippen molar-refractivity contribution in [3.63, 3.8) is 0 Å². The molecular weight excluding hydrogens is 371 g/mol. The molecule has 2 aromatic rings. The van der Waals surface area contributed by atoms with Gasteiger partial charge in [0.1, 0.15) is 11.5 Å². The fourth-order valence-electron chi connectivity index (χ4n) is 1.66. The lowest BCUT2D eigenvalue weighted by molar-refractivity contribution is -0.122. The van der Waals surface area contributed by atoms with Crippen molar-refractivity contribution in [2.45, 2.75) is 26.4 Å². The highest BCUT2D eigenvalue weighted by atomic mass is 127. The third kappa shape index (κ3) is 3.96. The van der Waals surface area contributed by atoms with Crippen LogP contribution in [0.1, 0.15) is 19.1 Å². The first-order valence-corrected chi connectivity index (χ1v) is 7.32. The Hall–Kier alpha value is -1.57. The number of carbonyl (C=O) groups excluding carboxylic acids is 1. The lowest BCUT2D eigenvalue weighted by Crippen LogP contribution is -2.32. The van der Waals surface area contributed by atoms with E-state index in [-0.39, 0.29) is 5.91 Å². The standard InChI is InChI=1S/C14H15IN2O3/c1-3-12(19-11-6-4-5-10(15)8-11)14(18)16-13-7-9(2)20-17-13/h4-8,12H,3H2,1-2H3,(H,16,17,18)/t12-/m0/s1. The molecule has 1 atom stereocenters. The summed E-state index contributed by atoms with van der Waals surface area (Å²) in [6.45, 7) is 3.66. The summed E-state index contributed by atoms with van der Waals surface area (Å²) in [5, 5.41) is 6.41. The Bertz CT molecular complexity index is 598. The van der Waals surface area contributed by atoms with E-state index in [2.05, 4.69) is 33.1 Å². The van der Waals surface area contributed by atoms with E-state index in [4.69, 9.17) is 9.26 Å². The number of hydrogen-bond acceptors (Lipinski definition) is 4. The number of halogens is 1. The van der Waals surface area contributed by atoms with Crippen LogP contribution in [-0.2, 0) is 4.79 Å². The van der Waals surface area contributed by atoms with Gasteiger partial charge in [-0.25, -0.2) is 0 Å². The molecule has 1 amide bonds. The predicted molar refractivity (Wildman–Crippen MR) is 83.7 cm³/mol. The summed E-state index contributed by atoms with van der Waals surface area (Å²) >= 11 is 2.20. The lowest BCUT2D eigenvalue weighted by atomic mass is 10.2. The average Bonchev–Trinajstić information content (AvgIpc) is 2.81. The molecule has 1 aromatic heterocycles. The molecule has 0 bridgehead atoms. The van der Waals surface area contributed by atoms with Crippen molar-refractivity contribution >= 4 is 34.3 Å². The normalized spacial score (nSPS) is 11.9. The lowest BCUT2D eigenvalue weighted by Gasteiger charge is -2.16. The van der Waals surface area contributed by atoms with Crippen molar-refractivity contribution in [2.75, 3.05) is 5.32 Å². The number of aromatic nitrogens is 1. The van der Waals surface area contributed by atoms with Crippen molar-refractivity contribution < 1.29 is 14.1 Å². The number of anilines is 1. The fourth-order valence-corrected chi connectivity index (χ4v) is 2.17. The van der Waals surface area contributed by atoms with Crippen LogP contribution in [0.2, 0.25) is 0 Å². The van der Waals surface area contributed by atoms with Crippen LogP contribution in [-0.4, -0.2) is 17.2 Å². The van der Waals surface area contributed by atoms with Gasteiger partial charge in [0.25, 0.3) is 5.91 Å². The second-order valence-corrected chi connectivity index (χ2v) is 5.53. The third-order valence-corrected chi connectivity index (χ3v) is 3.29. The number of benzene rings is 1. The molecule has 0 saturated heterocycles. The van der Waals surface area contributed by atoms with Crippen molar-refractivity contribution in [2.24, 2.45) is 0 Å². The number of ether oxygens (including phenoxy) is 1. The Morgan fingerprint density at radius 2 is 2.30 bits per heavy atom. The molecule has 0 spiro atoms. The van der Waals surface area contributed by atoms with E-state index in [1.54, 1.807) is 13.0 Å². The maximum absolute atomic E-state index is 12.1. The highest BCUT2D eigenvalue weighted by Gasteiger charge is 2.19. The summed E-state index contributed by atoms with van der Waals surface area (Å²) in [5.74, 6) is 1.49. The molecule has 6 heteroatoms. The second kappa shape index (κ2) is 6.74. The Kier molecular flexibility index (Phi) is 4.99. The van der Waals surface area contributed by atoms with Gasteiger partial charge in [-0.1, -0.05) is 18.1 Å². The second-order valence-electron chi connectivity index (χ2n) is 4.28. The molecule has 0 radical (unpaired) electrons. The Balaban J connectivity index is 2.02. The van der Waals surface area contributed by atoms with Crippen molar-refractivity contribution in [1.29, 1.82) is 0 Å². The van der Waals surface area contributed by atoms with Gasteiger partial charge < -0.3 is 14.6 Å². The Labute approximate surface area is 130 Å². The van der Waals surface area contributed by atoms with Gasteiger partial charge in [0, 0.05) is 9.64 Å². The van der Waals surface area contributed by atoms with Gasteiger partial charge in [-0.15, -0.1) is 0 Å². The van der Waals surface area contributed by atoms with Gasteiger partial charge in [-0.05, 0) is 54.1 Å². The molecule has 5 nitrogen and oxygen atoms in total. The monoisotopic (exact) mass is 386 g/mol. The molecule has 1 N–H and O–H groups in total. The maximum Gasteiger partial charge on any atom is 0.266 e. The van der Waals surface area contributed by atoms with Crippen LogP contribution in [0.15, 0.2) is 34.9 Å². The first-order chi connectivity index (χ1) is 9.58. The largest absolute Gasteiger partial charge is 0.481 e. The Morgan fingerprint density at radius 1 is 1.50 bits per heavy atom. The van der Waals surface area contributed by atoms with E-state index in [9.17, 15) is 4.79 Å². The van der Waals surface area contributed by atoms with Crippen LogP contribution in [0.5, 0.6) is 5.75 Å². The molecule has 1 aromatic carbocycles. The number of hydrogen-bond donors (Lipinski definition) is 1. The van der Waals surface area contributed by atoms with Gasteiger partial charge in [0.15, 0.2) is 11.9 Å². The number of rotatable bonds is 5. The topological polar surface area (TPSA) is 64.4 Å². The zero-order chi connectivity index (χ0) is 14.5. The van der Waals surface area contributed by atoms with Crippen LogP contribution in [0.3, 0.4) is 0 Å². The minimum absolute atomic E-state index is 0.236. The predicted octanol–water partition coefficient (Wildman–Crippen LogP) is 3.38. The average molecular weight is 386 g/mol. The van der Waals surface area contributed by atoms with Gasteiger partial charge in [0.05, 0.1) is 0 Å². The molecule has 0 fully saturated rings. The molecule has 0 aliphatic heterocycles. The zero-order valence-corrected chi connectivity index (χ0v) is 13.4. The van der Waals surface area contributed by atoms with Gasteiger partial charge in [-0.2, -0.15) is 0 Å². The zero-order valence-electron chi connectivity index (χ0n) is 11.2. The summed E-state index contributed by atoms with van der Waals surface area (Å²) in [7, 11) is 0. The number of carbonyl (C=O) groups is 1. The van der Waals surface area contributed by atoms with E-state index < -0.39 is 6.10 Å². The quantitative estimate of drug-likeness (QED) is 0.801. The van der Waals surface area contributed by atoms with Crippen molar-refractivity contribution in [1.82, 2.24) is 5.16 Å². The summed E-state index contributed by atoms with van der Waals surface area (Å²) in [4.78, 5) is 12.1. The van der Waals surface area contributed by atoms with Crippen LogP contribution in [0.4, 0.5) is 5.82 Å². The van der Waals surface area contributed by atoms with Crippen LogP contribution in [0.25, 0.3) is 0 Å². The van der Waals surface area contributed by atoms with Crippen molar-refractivity contribution in [3.8, 4) is 5.75 Å². The molecule has 0 aliphatic rings. The highest BCUT2D eigenvalue weighted by molar-refractivity contribution is 14.1. The molecule has 2 rings (SSSR count). The van der Waals surface area contributed by atoms with Crippen LogP contribution < -0.4 is 10.1 Å². The first kappa shape index (κ1) is 14.8. The molecular formula is C14H15IN2O3. The molecule has 0 unspecified atom stereocenters. The van der Waals surface area contributed by atoms with E-state index >= 15 is 0 Å². The summed E-state index contributed by atoms with van der Waals surface area (Å²) < 4.78 is 11.7. The smallest absolute Gasteiger partial charge is 0.266 e. The van der Waals surface area contributed by atoms with Gasteiger partial charge in [0.2, 0.25) is 0 Å². The van der Waals surface area contributed by atoms with E-state index in [1.165, 1.54) is 0 Å². The Morgan fingerprint density at radius 3 is 2.90 bits per heavy atom. The first-order valence-electron chi connectivity index (χ1n) is 6.25. The number of nitrogens with zero attached hydrogens (tertiary/aromatic N) is 1. The fraction of sp³-hybridized carbons (Fsp3) is 0.286. The summed E-state index contributed by atoms with van der Waals surface area (Å²) in [6, 6.07) is 9.24. The minimum Gasteiger partial charge on any atom is -0.481 e. The summed E-state index contributed by atoms with van der Waals surface area (Å²) in [5.41, 5.74) is 0. The van der Waals surface area contributed by atoms with Gasteiger partial charge >= 0.3 is 0 Å². The molecule has 1 heterocycles. The highest BCUT2D eigenvalue weighted by Crippen LogP contribution is 2.18. The maximum atomic E-state index is 12.1. The van der Waals surface area contributed by atoms with E-state index in [0.29, 0.717) is 23.7 Å². The van der Waals surface area contributed by atoms with Gasteiger partial charge in [-0.3, -0.25) is 4.79 Å². The molecule has 106 valence electrons.